The Morgan fingerprint density at radius 3 is 2.47 bits per heavy atom. The molecule has 0 amide bonds. The highest BCUT2D eigenvalue weighted by molar-refractivity contribution is 5.48. The molecule has 0 heterocycles. The fourth-order valence-electron chi connectivity index (χ4n) is 2.10. The number of rotatable bonds is 10. The van der Waals surface area contributed by atoms with E-state index < -0.39 is 0 Å². The molecule has 1 heteroatoms. The van der Waals surface area contributed by atoms with Crippen molar-refractivity contribution >= 4 is 6.08 Å². The van der Waals surface area contributed by atoms with Crippen molar-refractivity contribution in [2.45, 2.75) is 46.0 Å². The highest BCUT2D eigenvalue weighted by Gasteiger charge is 1.94. The van der Waals surface area contributed by atoms with Gasteiger partial charge in [-0.25, -0.2) is 0 Å². The van der Waals surface area contributed by atoms with Gasteiger partial charge in [0.15, 0.2) is 0 Å². The van der Waals surface area contributed by atoms with Crippen molar-refractivity contribution in [3.63, 3.8) is 0 Å². The smallest absolute Gasteiger partial charge is 0.0138 e. The van der Waals surface area contributed by atoms with E-state index in [9.17, 15) is 0 Å². The van der Waals surface area contributed by atoms with Crippen molar-refractivity contribution in [2.75, 3.05) is 13.1 Å². The van der Waals surface area contributed by atoms with E-state index in [0.717, 1.165) is 19.0 Å². The highest BCUT2D eigenvalue weighted by Crippen LogP contribution is 2.08. The summed E-state index contributed by atoms with van der Waals surface area (Å²) in [5, 5.41) is 3.47. The fraction of sp³-hybridized carbons (Fsp3) is 0.556. The summed E-state index contributed by atoms with van der Waals surface area (Å²) in [7, 11) is 0. The monoisotopic (exact) mass is 259 g/mol. The van der Waals surface area contributed by atoms with Crippen LogP contribution >= 0.6 is 0 Å². The Hall–Kier alpha value is -1.08. The van der Waals surface area contributed by atoms with Crippen molar-refractivity contribution in [1.82, 2.24) is 5.32 Å². The van der Waals surface area contributed by atoms with Crippen molar-refractivity contribution in [2.24, 2.45) is 5.92 Å². The molecule has 0 saturated carbocycles. The van der Waals surface area contributed by atoms with Gasteiger partial charge < -0.3 is 5.32 Å². The lowest BCUT2D eigenvalue weighted by atomic mass is 10.0. The lowest BCUT2D eigenvalue weighted by molar-refractivity contribution is 0.515. The molecule has 0 aliphatic heterocycles. The summed E-state index contributed by atoms with van der Waals surface area (Å²) in [6, 6.07) is 10.5. The number of hydrogen-bond acceptors (Lipinski definition) is 1. The molecule has 1 N–H and O–H groups in total. The van der Waals surface area contributed by atoms with Crippen LogP contribution in [0.15, 0.2) is 36.4 Å². The predicted molar refractivity (Wildman–Crippen MR) is 86.3 cm³/mol. The topological polar surface area (TPSA) is 12.0 Å². The molecule has 1 aromatic rings. The minimum absolute atomic E-state index is 0.862. The van der Waals surface area contributed by atoms with E-state index >= 15 is 0 Å². The molecule has 0 fully saturated rings. The summed E-state index contributed by atoms with van der Waals surface area (Å²) in [5.41, 5.74) is 1.28. The Labute approximate surface area is 119 Å². The Kier molecular flexibility index (Phi) is 9.09. The maximum atomic E-state index is 3.47. The SMILES string of the molecule is CC(C)CCCCCCNC/C=C/c1ccccc1. The molecule has 1 nitrogen and oxygen atoms in total. The van der Waals surface area contributed by atoms with E-state index in [1.165, 1.54) is 37.7 Å². The third-order valence-electron chi connectivity index (χ3n) is 3.26. The molecular weight excluding hydrogens is 230 g/mol. The first-order valence-corrected chi connectivity index (χ1v) is 7.71. The van der Waals surface area contributed by atoms with Gasteiger partial charge in [0.1, 0.15) is 0 Å². The van der Waals surface area contributed by atoms with Crippen LogP contribution in [-0.2, 0) is 0 Å². The lowest BCUT2D eigenvalue weighted by Crippen LogP contribution is -2.14. The molecule has 0 unspecified atom stereocenters. The van der Waals surface area contributed by atoms with Gasteiger partial charge in [-0.2, -0.15) is 0 Å². The zero-order chi connectivity index (χ0) is 13.8. The summed E-state index contributed by atoms with van der Waals surface area (Å²) < 4.78 is 0. The van der Waals surface area contributed by atoms with Gasteiger partial charge in [-0.3, -0.25) is 0 Å². The molecule has 19 heavy (non-hydrogen) atoms. The lowest BCUT2D eigenvalue weighted by Gasteiger charge is -2.04. The predicted octanol–water partition coefficient (Wildman–Crippen LogP) is 4.90. The summed E-state index contributed by atoms with van der Waals surface area (Å²) in [4.78, 5) is 0. The molecule has 0 atom stereocenters. The minimum atomic E-state index is 0.862. The molecular formula is C18H29N. The molecule has 0 saturated heterocycles. The largest absolute Gasteiger partial charge is 0.313 e. The third kappa shape index (κ3) is 9.49. The Morgan fingerprint density at radius 1 is 1.00 bits per heavy atom. The Morgan fingerprint density at radius 2 is 1.74 bits per heavy atom. The van der Waals surface area contributed by atoms with Crippen LogP contribution in [0.2, 0.25) is 0 Å². The van der Waals surface area contributed by atoms with Crippen molar-refractivity contribution < 1.29 is 0 Å². The van der Waals surface area contributed by atoms with Gasteiger partial charge in [0.25, 0.3) is 0 Å². The van der Waals surface area contributed by atoms with Crippen LogP contribution < -0.4 is 5.32 Å². The first-order chi connectivity index (χ1) is 9.29. The molecule has 0 aromatic heterocycles. The summed E-state index contributed by atoms with van der Waals surface area (Å²) in [6.45, 7) is 6.73. The van der Waals surface area contributed by atoms with Gasteiger partial charge in [0.2, 0.25) is 0 Å². The van der Waals surface area contributed by atoms with Crippen LogP contribution in [0, 0.1) is 5.92 Å². The second-order valence-electron chi connectivity index (χ2n) is 5.61. The zero-order valence-electron chi connectivity index (χ0n) is 12.6. The van der Waals surface area contributed by atoms with Crippen molar-refractivity contribution in [3.05, 3.63) is 42.0 Å². The van der Waals surface area contributed by atoms with Crippen LogP contribution in [0.5, 0.6) is 0 Å². The van der Waals surface area contributed by atoms with Crippen LogP contribution in [0.25, 0.3) is 6.08 Å². The van der Waals surface area contributed by atoms with Crippen LogP contribution in [0.3, 0.4) is 0 Å². The Balaban J connectivity index is 1.90. The summed E-state index contributed by atoms with van der Waals surface area (Å²) in [6.07, 6.45) is 11.2. The quantitative estimate of drug-likeness (QED) is 0.590. The van der Waals surface area contributed by atoms with E-state index in [1.54, 1.807) is 0 Å². The molecule has 1 aromatic carbocycles. The normalized spacial score (nSPS) is 11.5. The highest BCUT2D eigenvalue weighted by atomic mass is 14.8. The first kappa shape index (κ1) is 16.0. The van der Waals surface area contributed by atoms with E-state index in [1.807, 2.05) is 0 Å². The molecule has 0 aliphatic rings. The minimum Gasteiger partial charge on any atom is -0.313 e. The summed E-state index contributed by atoms with van der Waals surface area (Å²) in [5.74, 6) is 0.862. The van der Waals surface area contributed by atoms with Gasteiger partial charge in [-0.15, -0.1) is 0 Å². The molecule has 0 radical (unpaired) electrons. The van der Waals surface area contributed by atoms with Gasteiger partial charge in [-0.05, 0) is 24.4 Å². The van der Waals surface area contributed by atoms with Crippen molar-refractivity contribution in [1.29, 1.82) is 0 Å². The number of nitrogens with one attached hydrogen (secondary N) is 1. The van der Waals surface area contributed by atoms with Gasteiger partial charge in [-0.1, -0.05) is 82.0 Å². The standard InChI is InChI=1S/C18H29N/c1-17(2)11-6-3-4-9-15-19-16-10-14-18-12-7-5-8-13-18/h5,7-8,10,12-14,17,19H,3-4,6,9,11,15-16H2,1-2H3/b14-10+. The van der Waals surface area contributed by atoms with Crippen LogP contribution in [0.1, 0.15) is 51.5 Å². The molecule has 106 valence electrons. The maximum absolute atomic E-state index is 3.47. The first-order valence-electron chi connectivity index (χ1n) is 7.71. The number of benzene rings is 1. The zero-order valence-corrected chi connectivity index (χ0v) is 12.6. The fourth-order valence-corrected chi connectivity index (χ4v) is 2.10. The van der Waals surface area contributed by atoms with Crippen molar-refractivity contribution in [3.8, 4) is 0 Å². The second kappa shape index (κ2) is 10.8. The molecule has 0 spiro atoms. The van der Waals surface area contributed by atoms with E-state index in [2.05, 4.69) is 61.6 Å². The maximum Gasteiger partial charge on any atom is 0.0138 e. The van der Waals surface area contributed by atoms with E-state index in [0.29, 0.717) is 0 Å². The third-order valence-corrected chi connectivity index (χ3v) is 3.26. The molecule has 0 aliphatic carbocycles. The average Bonchev–Trinajstić information content (AvgIpc) is 2.42. The molecule has 0 bridgehead atoms. The van der Waals surface area contributed by atoms with Gasteiger partial charge >= 0.3 is 0 Å². The Bertz CT molecular complexity index is 327. The van der Waals surface area contributed by atoms with E-state index in [4.69, 9.17) is 0 Å². The number of unbranched alkanes of at least 4 members (excludes halogenated alkanes) is 3. The summed E-state index contributed by atoms with van der Waals surface area (Å²) >= 11 is 0. The van der Waals surface area contributed by atoms with Gasteiger partial charge in [0.05, 0.1) is 0 Å². The van der Waals surface area contributed by atoms with E-state index in [-0.39, 0.29) is 0 Å². The number of hydrogen-bond donors (Lipinski definition) is 1. The molecule has 1 rings (SSSR count). The van der Waals surface area contributed by atoms with Crippen LogP contribution in [0.4, 0.5) is 0 Å². The van der Waals surface area contributed by atoms with Crippen LogP contribution in [-0.4, -0.2) is 13.1 Å². The second-order valence-corrected chi connectivity index (χ2v) is 5.61. The van der Waals surface area contributed by atoms with Gasteiger partial charge in [0, 0.05) is 6.54 Å². The average molecular weight is 259 g/mol.